The van der Waals surface area contributed by atoms with E-state index in [9.17, 15) is 19.5 Å². The zero-order valence-corrected chi connectivity index (χ0v) is 17.1. The summed E-state index contributed by atoms with van der Waals surface area (Å²) in [6.07, 6.45) is 1.19. The molecule has 2 aromatic carbocycles. The van der Waals surface area contributed by atoms with Crippen molar-refractivity contribution in [3.8, 4) is 11.6 Å². The van der Waals surface area contributed by atoms with E-state index >= 15 is 0 Å². The summed E-state index contributed by atoms with van der Waals surface area (Å²) < 4.78 is 1.01. The van der Waals surface area contributed by atoms with Gasteiger partial charge in [0.1, 0.15) is 5.56 Å². The van der Waals surface area contributed by atoms with Crippen molar-refractivity contribution in [2.45, 2.75) is 6.92 Å². The second kappa shape index (κ2) is 7.48. The summed E-state index contributed by atoms with van der Waals surface area (Å²) in [7, 11) is 3.63. The molecule has 4 rings (SSSR count). The number of H-pyrrole nitrogens is 3. The monoisotopic (exact) mass is 420 g/mol. The van der Waals surface area contributed by atoms with Crippen LogP contribution in [0.1, 0.15) is 11.1 Å². The van der Waals surface area contributed by atoms with Crippen LogP contribution in [0.2, 0.25) is 0 Å². The first-order valence-corrected chi connectivity index (χ1v) is 9.37. The first-order valence-electron chi connectivity index (χ1n) is 9.37. The van der Waals surface area contributed by atoms with E-state index in [2.05, 4.69) is 19.9 Å². The number of hydrogen-bond donors (Lipinski definition) is 4. The SMILES string of the molecule is Cc1cccc(-n2c(O)c(C=Nc3cc4[nH]c(=O)[nH]c4cc3N(C)C)c(=O)[nH]c2=O)c1. The molecule has 0 spiro atoms. The number of imidazole rings is 1. The Kier molecular flexibility index (Phi) is 4.82. The number of aliphatic imine (C=N–C) groups is 1. The van der Waals surface area contributed by atoms with Crippen LogP contribution < -0.4 is 21.8 Å². The Hall–Kier alpha value is -4.34. The zero-order valence-electron chi connectivity index (χ0n) is 17.1. The van der Waals surface area contributed by atoms with Crippen LogP contribution in [0.5, 0.6) is 5.88 Å². The molecule has 2 aromatic heterocycles. The van der Waals surface area contributed by atoms with Gasteiger partial charge in [-0.1, -0.05) is 12.1 Å². The van der Waals surface area contributed by atoms with Crippen LogP contribution in [0.4, 0.5) is 11.4 Å². The minimum atomic E-state index is -0.766. The maximum absolute atomic E-state index is 12.4. The van der Waals surface area contributed by atoms with E-state index in [-0.39, 0.29) is 11.3 Å². The molecule has 0 atom stereocenters. The molecule has 0 saturated carbocycles. The van der Waals surface area contributed by atoms with E-state index in [0.29, 0.717) is 28.1 Å². The van der Waals surface area contributed by atoms with Crippen LogP contribution in [-0.4, -0.2) is 44.9 Å². The lowest BCUT2D eigenvalue weighted by molar-refractivity contribution is 0.430. The molecule has 4 N–H and O–H groups in total. The molecule has 0 fully saturated rings. The Morgan fingerprint density at radius 3 is 2.42 bits per heavy atom. The molecular weight excluding hydrogens is 400 g/mol. The normalized spacial score (nSPS) is 11.5. The summed E-state index contributed by atoms with van der Waals surface area (Å²) in [5.74, 6) is -0.523. The van der Waals surface area contributed by atoms with Gasteiger partial charge in [-0.05, 0) is 36.8 Å². The number of fused-ring (bicyclic) bond motifs is 1. The number of aryl methyl sites for hydroxylation is 1. The fourth-order valence-corrected chi connectivity index (χ4v) is 3.32. The van der Waals surface area contributed by atoms with Crippen molar-refractivity contribution >= 4 is 28.6 Å². The third-order valence-corrected chi connectivity index (χ3v) is 4.81. The average molecular weight is 420 g/mol. The van der Waals surface area contributed by atoms with Crippen molar-refractivity contribution in [3.05, 3.63) is 78.8 Å². The zero-order chi connectivity index (χ0) is 22.3. The van der Waals surface area contributed by atoms with E-state index in [4.69, 9.17) is 0 Å². The van der Waals surface area contributed by atoms with Gasteiger partial charge in [0.2, 0.25) is 5.88 Å². The largest absolute Gasteiger partial charge is 0.493 e. The van der Waals surface area contributed by atoms with Crippen molar-refractivity contribution < 1.29 is 5.11 Å². The quantitative estimate of drug-likeness (QED) is 0.371. The van der Waals surface area contributed by atoms with Gasteiger partial charge in [-0.25, -0.2) is 14.2 Å². The van der Waals surface area contributed by atoms with Crippen molar-refractivity contribution in [1.29, 1.82) is 0 Å². The maximum atomic E-state index is 12.4. The smallest absolute Gasteiger partial charge is 0.335 e. The number of aromatic amines is 3. The Bertz CT molecular complexity index is 1500. The van der Waals surface area contributed by atoms with Gasteiger partial charge in [-0.15, -0.1) is 0 Å². The van der Waals surface area contributed by atoms with Gasteiger partial charge in [-0.2, -0.15) is 0 Å². The van der Waals surface area contributed by atoms with Crippen molar-refractivity contribution in [2.24, 2.45) is 4.99 Å². The van der Waals surface area contributed by atoms with Crippen LogP contribution in [0.25, 0.3) is 16.7 Å². The molecule has 10 nitrogen and oxygen atoms in total. The number of aromatic hydroxyl groups is 1. The number of anilines is 1. The second-order valence-electron chi connectivity index (χ2n) is 7.29. The number of nitrogens with one attached hydrogen (secondary N) is 3. The van der Waals surface area contributed by atoms with Crippen LogP contribution in [-0.2, 0) is 0 Å². The van der Waals surface area contributed by atoms with Crippen molar-refractivity contribution in [1.82, 2.24) is 19.5 Å². The minimum absolute atomic E-state index is 0.173. The summed E-state index contributed by atoms with van der Waals surface area (Å²) in [6, 6.07) is 10.3. The maximum Gasteiger partial charge on any atom is 0.335 e. The predicted octanol–water partition coefficient (Wildman–Crippen LogP) is 1.53. The Morgan fingerprint density at radius 2 is 1.74 bits per heavy atom. The summed E-state index contributed by atoms with van der Waals surface area (Å²) >= 11 is 0. The van der Waals surface area contributed by atoms with Gasteiger partial charge >= 0.3 is 11.4 Å². The van der Waals surface area contributed by atoms with Crippen LogP contribution in [0.3, 0.4) is 0 Å². The van der Waals surface area contributed by atoms with Gasteiger partial charge < -0.3 is 20.0 Å². The number of aromatic nitrogens is 4. The highest BCUT2D eigenvalue weighted by Crippen LogP contribution is 2.31. The highest BCUT2D eigenvalue weighted by atomic mass is 16.3. The molecule has 0 aliphatic heterocycles. The molecule has 10 heteroatoms. The third-order valence-electron chi connectivity index (χ3n) is 4.81. The molecule has 4 aromatic rings. The van der Waals surface area contributed by atoms with Crippen LogP contribution >= 0.6 is 0 Å². The topological polar surface area (TPSA) is 139 Å². The van der Waals surface area contributed by atoms with E-state index in [1.54, 1.807) is 35.2 Å². The Balaban J connectivity index is 1.88. The molecular formula is C21H20N6O4. The molecule has 31 heavy (non-hydrogen) atoms. The van der Waals surface area contributed by atoms with Gasteiger partial charge in [0, 0.05) is 20.3 Å². The molecule has 158 valence electrons. The van der Waals surface area contributed by atoms with E-state index in [1.807, 2.05) is 27.1 Å². The highest BCUT2D eigenvalue weighted by molar-refractivity contribution is 5.91. The van der Waals surface area contributed by atoms with E-state index in [0.717, 1.165) is 10.1 Å². The molecule has 0 bridgehead atoms. The van der Waals surface area contributed by atoms with Crippen molar-refractivity contribution in [3.63, 3.8) is 0 Å². The number of hydrogen-bond acceptors (Lipinski definition) is 6. The number of rotatable bonds is 4. The fraction of sp³-hybridized carbons (Fsp3) is 0.143. The standard InChI is InChI=1S/C21H20N6O4/c1-11-5-4-6-12(7-11)27-19(29)13(18(28)25-21(27)31)10-22-16-8-14-15(24-20(30)23-14)9-17(16)26(2)3/h4-10,29H,1-3H3,(H2,23,24,30)(H,25,28,31). The van der Waals surface area contributed by atoms with Crippen LogP contribution in [0.15, 0.2) is 55.8 Å². The second-order valence-corrected chi connectivity index (χ2v) is 7.29. The molecule has 2 heterocycles. The van der Waals surface area contributed by atoms with Gasteiger partial charge in [-0.3, -0.25) is 14.8 Å². The van der Waals surface area contributed by atoms with Crippen molar-refractivity contribution in [2.75, 3.05) is 19.0 Å². The Labute approximate surface area is 175 Å². The summed E-state index contributed by atoms with van der Waals surface area (Å²) in [5, 5.41) is 10.7. The summed E-state index contributed by atoms with van der Waals surface area (Å²) in [5.41, 5.74) is 1.55. The minimum Gasteiger partial charge on any atom is -0.493 e. The van der Waals surface area contributed by atoms with Gasteiger partial charge in [0.25, 0.3) is 5.56 Å². The van der Waals surface area contributed by atoms with Gasteiger partial charge in [0.05, 0.1) is 28.1 Å². The Morgan fingerprint density at radius 1 is 1.03 bits per heavy atom. The lowest BCUT2D eigenvalue weighted by Crippen LogP contribution is -2.31. The first-order chi connectivity index (χ1) is 14.7. The fourth-order valence-electron chi connectivity index (χ4n) is 3.32. The molecule has 0 unspecified atom stereocenters. The summed E-state index contributed by atoms with van der Waals surface area (Å²) in [4.78, 5) is 50.1. The van der Waals surface area contributed by atoms with E-state index < -0.39 is 17.1 Å². The number of benzene rings is 2. The molecule has 0 amide bonds. The molecule has 0 aliphatic carbocycles. The molecule has 0 aliphatic rings. The van der Waals surface area contributed by atoms with E-state index in [1.165, 1.54) is 6.21 Å². The lowest BCUT2D eigenvalue weighted by Gasteiger charge is -2.15. The summed E-state index contributed by atoms with van der Waals surface area (Å²) in [6.45, 7) is 1.85. The van der Waals surface area contributed by atoms with Crippen LogP contribution in [0, 0.1) is 6.92 Å². The lowest BCUT2D eigenvalue weighted by atomic mass is 10.2. The van der Waals surface area contributed by atoms with Gasteiger partial charge in [0.15, 0.2) is 0 Å². The number of nitrogens with zero attached hydrogens (tertiary/aromatic N) is 3. The highest BCUT2D eigenvalue weighted by Gasteiger charge is 2.15. The molecule has 0 saturated heterocycles. The third kappa shape index (κ3) is 3.66. The predicted molar refractivity (Wildman–Crippen MR) is 120 cm³/mol. The first kappa shape index (κ1) is 20.0. The average Bonchev–Trinajstić information content (AvgIpc) is 3.05. The molecule has 0 radical (unpaired) electrons.